The number of esters is 1. The molecule has 4 saturated carbocycles. The average Bonchev–Trinajstić information content (AvgIpc) is 3.46. The third-order valence-electron chi connectivity index (χ3n) is 12.2. The molecule has 0 aromatic heterocycles. The molecular weight excluding hydrogens is 508 g/mol. The fourth-order valence-electron chi connectivity index (χ4n) is 9.84. The maximum atomic E-state index is 12.4. The number of carbonyl (C=O) groups excluding carboxylic acids is 1. The highest BCUT2D eigenvalue weighted by Crippen LogP contribution is 2.70. The summed E-state index contributed by atoms with van der Waals surface area (Å²) in [5.74, 6) is 0.0646. The van der Waals surface area contributed by atoms with E-state index in [-0.39, 0.29) is 41.8 Å². The highest BCUT2D eigenvalue weighted by molar-refractivity contribution is 5.85. The summed E-state index contributed by atoms with van der Waals surface area (Å²) in [6.45, 7) is 4.04. The molecule has 220 valence electrons. The van der Waals surface area contributed by atoms with Crippen molar-refractivity contribution in [3.63, 3.8) is 0 Å². The average molecular weight is 553 g/mol. The molecule has 0 bridgehead atoms. The predicted octanol–water partition coefficient (Wildman–Crippen LogP) is 0.399. The summed E-state index contributed by atoms with van der Waals surface area (Å²) in [4.78, 5) is 11.8. The molecule has 39 heavy (non-hydrogen) atoms. The molecular formula is C29H44O10. The number of fused-ring (bicyclic) bond motifs is 5. The van der Waals surface area contributed by atoms with Gasteiger partial charge in [-0.3, -0.25) is 0 Å². The van der Waals surface area contributed by atoms with Crippen molar-refractivity contribution in [2.45, 2.75) is 114 Å². The lowest BCUT2D eigenvalue weighted by molar-refractivity contribution is -0.317. The first-order valence-electron chi connectivity index (χ1n) is 14.7. The summed E-state index contributed by atoms with van der Waals surface area (Å²) < 4.78 is 16.9. The fourth-order valence-corrected chi connectivity index (χ4v) is 9.84. The van der Waals surface area contributed by atoms with Gasteiger partial charge in [-0.05, 0) is 86.0 Å². The third kappa shape index (κ3) is 4.00. The number of hydrogen-bond acceptors (Lipinski definition) is 10. The van der Waals surface area contributed by atoms with Gasteiger partial charge in [0.2, 0.25) is 0 Å². The van der Waals surface area contributed by atoms with Crippen LogP contribution in [0.15, 0.2) is 11.6 Å². The summed E-state index contributed by atoms with van der Waals surface area (Å²) in [5, 5.41) is 64.3. The molecule has 10 heteroatoms. The Morgan fingerprint density at radius 2 is 1.74 bits per heavy atom. The molecule has 0 spiro atoms. The quantitative estimate of drug-likeness (QED) is 0.212. The molecule has 4 aliphatic carbocycles. The summed E-state index contributed by atoms with van der Waals surface area (Å²) in [6, 6.07) is 0. The second kappa shape index (κ2) is 9.73. The van der Waals surface area contributed by atoms with Gasteiger partial charge in [0.1, 0.15) is 31.0 Å². The van der Waals surface area contributed by atoms with E-state index in [1.165, 1.54) is 0 Å². The van der Waals surface area contributed by atoms with Crippen LogP contribution in [0.3, 0.4) is 0 Å². The predicted molar refractivity (Wildman–Crippen MR) is 136 cm³/mol. The number of carbonyl (C=O) groups is 1. The van der Waals surface area contributed by atoms with Crippen molar-refractivity contribution in [1.82, 2.24) is 0 Å². The summed E-state index contributed by atoms with van der Waals surface area (Å²) in [6.07, 6.45) is 0.134. The van der Waals surface area contributed by atoms with Crippen molar-refractivity contribution in [3.8, 4) is 0 Å². The zero-order chi connectivity index (χ0) is 27.9. The van der Waals surface area contributed by atoms with Crippen LogP contribution >= 0.6 is 0 Å². The van der Waals surface area contributed by atoms with Gasteiger partial charge in [-0.15, -0.1) is 0 Å². The van der Waals surface area contributed by atoms with Crippen molar-refractivity contribution >= 4 is 5.97 Å². The first-order valence-corrected chi connectivity index (χ1v) is 14.7. The lowest BCUT2D eigenvalue weighted by Gasteiger charge is -2.65. The number of rotatable bonds is 4. The Bertz CT molecular complexity index is 1000. The molecule has 1 unspecified atom stereocenters. The number of hydrogen-bond donors (Lipinski definition) is 6. The van der Waals surface area contributed by atoms with Gasteiger partial charge in [-0.25, -0.2) is 4.79 Å². The topological polar surface area (TPSA) is 166 Å². The minimum absolute atomic E-state index is 0.0543. The highest BCUT2D eigenvalue weighted by Gasteiger charge is 2.70. The lowest BCUT2D eigenvalue weighted by Crippen LogP contribution is -2.67. The molecule has 2 heterocycles. The Labute approximate surface area is 229 Å². The standard InChI is InChI=1S/C29H44O10/c1-27-7-5-16(38-26-25(35)24(34)23(33)20(12-30)39-26)10-15(27)3-4-18-19(27)11-21(31)28(2)17(6-8-29(18,28)36)14-9-22(32)37-13-14/h9,15-21,23-26,30-31,33-36H,3-8,10-13H2,1-2H3/t15-,16+,17-,18-,19+,20-,21-,23+,24+,25-,26?,27+,28+,29+/m1/s1. The Morgan fingerprint density at radius 3 is 2.44 bits per heavy atom. The Hall–Kier alpha value is -1.11. The molecule has 6 aliphatic rings. The normalized spacial score (nSPS) is 55.3. The number of ether oxygens (including phenoxy) is 3. The van der Waals surface area contributed by atoms with Crippen molar-refractivity contribution in [2.24, 2.45) is 34.5 Å². The highest BCUT2D eigenvalue weighted by atomic mass is 16.7. The molecule has 0 aromatic carbocycles. The Morgan fingerprint density at radius 1 is 0.974 bits per heavy atom. The van der Waals surface area contributed by atoms with E-state index >= 15 is 0 Å². The minimum Gasteiger partial charge on any atom is -0.458 e. The first kappa shape index (κ1) is 28.0. The van der Waals surface area contributed by atoms with Gasteiger partial charge in [0.25, 0.3) is 0 Å². The van der Waals surface area contributed by atoms with E-state index in [1.807, 2.05) is 6.92 Å². The summed E-state index contributed by atoms with van der Waals surface area (Å²) >= 11 is 0. The van der Waals surface area contributed by atoms with Crippen molar-refractivity contribution in [3.05, 3.63) is 11.6 Å². The summed E-state index contributed by atoms with van der Waals surface area (Å²) in [5.41, 5.74) is -0.966. The smallest absolute Gasteiger partial charge is 0.331 e. The molecule has 2 aliphatic heterocycles. The van der Waals surface area contributed by atoms with Crippen molar-refractivity contribution in [1.29, 1.82) is 0 Å². The van der Waals surface area contributed by atoms with Crippen LogP contribution in [0.1, 0.15) is 65.2 Å². The van der Waals surface area contributed by atoms with Gasteiger partial charge in [0, 0.05) is 11.5 Å². The summed E-state index contributed by atoms with van der Waals surface area (Å²) in [7, 11) is 0. The maximum absolute atomic E-state index is 12.4. The van der Waals surface area contributed by atoms with Gasteiger partial charge >= 0.3 is 5.97 Å². The van der Waals surface area contributed by atoms with Gasteiger partial charge in [-0.1, -0.05) is 13.8 Å². The zero-order valence-corrected chi connectivity index (χ0v) is 22.8. The molecule has 14 atom stereocenters. The molecule has 10 nitrogen and oxygen atoms in total. The number of aliphatic hydroxyl groups excluding tert-OH is 5. The maximum Gasteiger partial charge on any atom is 0.331 e. The molecule has 0 aromatic rings. The van der Waals surface area contributed by atoms with Gasteiger partial charge in [-0.2, -0.15) is 0 Å². The fraction of sp³-hybridized carbons (Fsp3) is 0.897. The van der Waals surface area contributed by atoms with E-state index in [4.69, 9.17) is 14.2 Å². The monoisotopic (exact) mass is 552 g/mol. The van der Waals surface area contributed by atoms with E-state index in [0.29, 0.717) is 25.2 Å². The van der Waals surface area contributed by atoms with E-state index in [9.17, 15) is 35.4 Å². The van der Waals surface area contributed by atoms with Crippen LogP contribution in [0.2, 0.25) is 0 Å². The first-order chi connectivity index (χ1) is 18.4. The van der Waals surface area contributed by atoms with Gasteiger partial charge < -0.3 is 44.8 Å². The molecule has 6 N–H and O–H groups in total. The van der Waals surface area contributed by atoms with E-state index in [2.05, 4.69) is 6.92 Å². The molecule has 0 radical (unpaired) electrons. The van der Waals surface area contributed by atoms with Crippen LogP contribution in [0, 0.1) is 34.5 Å². The van der Waals surface area contributed by atoms with Crippen LogP contribution in [0.25, 0.3) is 0 Å². The van der Waals surface area contributed by atoms with Gasteiger partial charge in [0.05, 0.1) is 24.4 Å². The molecule has 6 rings (SSSR count). The van der Waals surface area contributed by atoms with Crippen LogP contribution in [0.4, 0.5) is 0 Å². The second-order valence-corrected chi connectivity index (χ2v) is 13.6. The Balaban J connectivity index is 1.18. The van der Waals surface area contributed by atoms with Crippen LogP contribution < -0.4 is 0 Å². The van der Waals surface area contributed by atoms with E-state index < -0.39 is 54.4 Å². The largest absolute Gasteiger partial charge is 0.458 e. The van der Waals surface area contributed by atoms with Crippen LogP contribution in [-0.2, 0) is 19.0 Å². The van der Waals surface area contributed by atoms with Crippen molar-refractivity contribution in [2.75, 3.05) is 13.2 Å². The molecule has 0 amide bonds. The van der Waals surface area contributed by atoms with Gasteiger partial charge in [0.15, 0.2) is 6.29 Å². The van der Waals surface area contributed by atoms with Crippen molar-refractivity contribution < 1.29 is 49.6 Å². The zero-order valence-electron chi connectivity index (χ0n) is 22.8. The lowest BCUT2D eigenvalue weighted by atomic mass is 9.42. The number of cyclic esters (lactones) is 1. The van der Waals surface area contributed by atoms with E-state index in [0.717, 1.165) is 37.7 Å². The molecule has 1 saturated heterocycles. The number of aliphatic hydroxyl groups is 6. The third-order valence-corrected chi connectivity index (χ3v) is 12.2. The Kier molecular flexibility index (Phi) is 6.99. The van der Waals surface area contributed by atoms with Crippen LogP contribution in [0.5, 0.6) is 0 Å². The minimum atomic E-state index is -1.47. The SMILES string of the molecule is C[C@]12CC[C@H](OC3O[C@H](CO)[C@H](O)[C@H](O)[C@H]3O)C[C@H]1CC[C@@H]1[C@@H]2C[C@@H](O)[C@]2(C)[C@@H](C3=CC(=O)OC3)CC[C@]12O. The van der Waals surface area contributed by atoms with E-state index in [1.54, 1.807) is 6.08 Å². The van der Waals surface area contributed by atoms with Crippen LogP contribution in [-0.4, -0.2) is 98.3 Å². The second-order valence-electron chi connectivity index (χ2n) is 13.6. The molecule has 5 fully saturated rings.